The fourth-order valence-electron chi connectivity index (χ4n) is 2.56. The predicted molar refractivity (Wildman–Crippen MR) is 106 cm³/mol. The molecule has 0 radical (unpaired) electrons. The van der Waals surface area contributed by atoms with Gasteiger partial charge in [-0.2, -0.15) is 0 Å². The van der Waals surface area contributed by atoms with Crippen molar-refractivity contribution in [3.63, 3.8) is 0 Å². The van der Waals surface area contributed by atoms with Gasteiger partial charge >= 0.3 is 0 Å². The standard InChI is InChI=1S/C21H18ClN3O2/c1-14-8-9-16(18(22)11-14)21(27)25-19-7-3-2-6-17(19)20(26)24-13-15-5-4-10-23-12-15/h2-12H,13H2,1H3,(H,24,26)(H,25,27). The van der Waals surface area contributed by atoms with Crippen LogP contribution in [0.1, 0.15) is 31.8 Å². The molecule has 2 aromatic carbocycles. The van der Waals surface area contributed by atoms with Gasteiger partial charge in [-0.3, -0.25) is 14.6 Å². The number of para-hydroxylation sites is 1. The number of benzene rings is 2. The average molecular weight is 380 g/mol. The number of nitrogens with zero attached hydrogens (tertiary/aromatic N) is 1. The molecule has 1 aromatic heterocycles. The Morgan fingerprint density at radius 2 is 1.81 bits per heavy atom. The summed E-state index contributed by atoms with van der Waals surface area (Å²) in [5.74, 6) is -0.655. The Bertz CT molecular complexity index is 974. The van der Waals surface area contributed by atoms with Crippen LogP contribution < -0.4 is 10.6 Å². The minimum atomic E-state index is -0.368. The highest BCUT2D eigenvalue weighted by atomic mass is 35.5. The summed E-state index contributed by atoms with van der Waals surface area (Å²) in [4.78, 5) is 29.1. The molecule has 0 saturated carbocycles. The maximum absolute atomic E-state index is 12.6. The van der Waals surface area contributed by atoms with E-state index in [0.29, 0.717) is 28.4 Å². The van der Waals surface area contributed by atoms with Crippen molar-refractivity contribution < 1.29 is 9.59 Å². The quantitative estimate of drug-likeness (QED) is 0.697. The number of aryl methyl sites for hydroxylation is 1. The van der Waals surface area contributed by atoms with E-state index >= 15 is 0 Å². The van der Waals surface area contributed by atoms with Crippen LogP contribution in [0, 0.1) is 6.92 Å². The van der Waals surface area contributed by atoms with Crippen LogP contribution in [0.25, 0.3) is 0 Å². The van der Waals surface area contributed by atoms with E-state index in [-0.39, 0.29) is 11.8 Å². The second kappa shape index (κ2) is 8.47. The van der Waals surface area contributed by atoms with Crippen LogP contribution in [0.15, 0.2) is 67.0 Å². The zero-order valence-electron chi connectivity index (χ0n) is 14.7. The van der Waals surface area contributed by atoms with Crippen molar-refractivity contribution in [2.45, 2.75) is 13.5 Å². The molecule has 0 aliphatic rings. The summed E-state index contributed by atoms with van der Waals surface area (Å²) in [6.45, 7) is 2.24. The van der Waals surface area contributed by atoms with Gasteiger partial charge < -0.3 is 10.6 Å². The Balaban J connectivity index is 1.75. The van der Waals surface area contributed by atoms with Gasteiger partial charge in [0.15, 0.2) is 0 Å². The normalized spacial score (nSPS) is 10.3. The summed E-state index contributed by atoms with van der Waals surface area (Å²) >= 11 is 6.16. The first kappa shape index (κ1) is 18.6. The maximum Gasteiger partial charge on any atom is 0.257 e. The van der Waals surface area contributed by atoms with Crippen molar-refractivity contribution in [3.8, 4) is 0 Å². The number of rotatable bonds is 5. The largest absolute Gasteiger partial charge is 0.348 e. The molecule has 2 amide bonds. The lowest BCUT2D eigenvalue weighted by Crippen LogP contribution is -2.25. The van der Waals surface area contributed by atoms with E-state index in [2.05, 4.69) is 15.6 Å². The molecule has 27 heavy (non-hydrogen) atoms. The SMILES string of the molecule is Cc1ccc(C(=O)Nc2ccccc2C(=O)NCc2cccnc2)c(Cl)c1. The Kier molecular flexibility index (Phi) is 5.84. The minimum Gasteiger partial charge on any atom is -0.348 e. The van der Waals surface area contributed by atoms with Crippen LogP contribution in [0.4, 0.5) is 5.69 Å². The van der Waals surface area contributed by atoms with E-state index in [1.165, 1.54) is 0 Å². The molecular formula is C21H18ClN3O2. The fraction of sp³-hybridized carbons (Fsp3) is 0.0952. The van der Waals surface area contributed by atoms with Gasteiger partial charge in [-0.05, 0) is 48.4 Å². The van der Waals surface area contributed by atoms with Gasteiger partial charge in [-0.25, -0.2) is 0 Å². The molecule has 6 heteroatoms. The molecule has 2 N–H and O–H groups in total. The van der Waals surface area contributed by atoms with Crippen molar-refractivity contribution in [3.05, 3.63) is 94.3 Å². The summed E-state index contributed by atoms with van der Waals surface area (Å²) in [6, 6.07) is 15.7. The molecule has 3 rings (SSSR count). The third-order valence-electron chi connectivity index (χ3n) is 3.96. The predicted octanol–water partition coefficient (Wildman–Crippen LogP) is 4.23. The van der Waals surface area contributed by atoms with Crippen LogP contribution in [0.5, 0.6) is 0 Å². The molecule has 0 atom stereocenters. The van der Waals surface area contributed by atoms with E-state index in [4.69, 9.17) is 11.6 Å². The number of anilines is 1. The lowest BCUT2D eigenvalue weighted by molar-refractivity contribution is 0.0951. The number of hydrogen-bond acceptors (Lipinski definition) is 3. The minimum absolute atomic E-state index is 0.287. The van der Waals surface area contributed by atoms with Crippen LogP contribution in [-0.4, -0.2) is 16.8 Å². The van der Waals surface area contributed by atoms with Crippen molar-refractivity contribution in [2.75, 3.05) is 5.32 Å². The number of halogens is 1. The van der Waals surface area contributed by atoms with Crippen molar-refractivity contribution in [1.82, 2.24) is 10.3 Å². The van der Waals surface area contributed by atoms with Crippen LogP contribution >= 0.6 is 11.6 Å². The molecule has 5 nitrogen and oxygen atoms in total. The highest BCUT2D eigenvalue weighted by Gasteiger charge is 2.15. The third-order valence-corrected chi connectivity index (χ3v) is 4.28. The highest BCUT2D eigenvalue weighted by Crippen LogP contribution is 2.21. The average Bonchev–Trinajstić information content (AvgIpc) is 2.67. The molecule has 3 aromatic rings. The van der Waals surface area contributed by atoms with Gasteiger partial charge in [0.1, 0.15) is 0 Å². The number of pyridine rings is 1. The van der Waals surface area contributed by atoms with E-state index in [1.807, 2.05) is 19.1 Å². The zero-order chi connectivity index (χ0) is 19.2. The van der Waals surface area contributed by atoms with Crippen molar-refractivity contribution in [1.29, 1.82) is 0 Å². The third kappa shape index (κ3) is 4.71. The Morgan fingerprint density at radius 1 is 1.00 bits per heavy atom. The lowest BCUT2D eigenvalue weighted by atomic mass is 10.1. The fourth-order valence-corrected chi connectivity index (χ4v) is 2.89. The molecule has 0 fully saturated rings. The van der Waals surface area contributed by atoms with E-state index in [9.17, 15) is 9.59 Å². The monoisotopic (exact) mass is 379 g/mol. The molecule has 1 heterocycles. The van der Waals surface area contributed by atoms with Gasteiger partial charge in [0.25, 0.3) is 11.8 Å². The summed E-state index contributed by atoms with van der Waals surface area (Å²) in [6.07, 6.45) is 3.36. The van der Waals surface area contributed by atoms with Gasteiger partial charge in [0, 0.05) is 18.9 Å². The van der Waals surface area contributed by atoms with Gasteiger partial charge in [-0.15, -0.1) is 0 Å². The molecule has 0 saturated heterocycles. The number of hydrogen-bond donors (Lipinski definition) is 2. The number of aromatic nitrogens is 1. The van der Waals surface area contributed by atoms with Crippen molar-refractivity contribution in [2.24, 2.45) is 0 Å². The van der Waals surface area contributed by atoms with Gasteiger partial charge in [0.05, 0.1) is 21.8 Å². The maximum atomic E-state index is 12.6. The molecular weight excluding hydrogens is 362 g/mol. The summed E-state index contributed by atoms with van der Waals surface area (Å²) in [5, 5.41) is 5.97. The Hall–Kier alpha value is -3.18. The van der Waals surface area contributed by atoms with E-state index in [0.717, 1.165) is 11.1 Å². The lowest BCUT2D eigenvalue weighted by Gasteiger charge is -2.12. The molecule has 136 valence electrons. The summed E-state index contributed by atoms with van der Waals surface area (Å²) in [7, 11) is 0. The number of carbonyl (C=O) groups is 2. The zero-order valence-corrected chi connectivity index (χ0v) is 15.5. The second-order valence-corrected chi connectivity index (χ2v) is 6.43. The smallest absolute Gasteiger partial charge is 0.257 e. The molecule has 0 bridgehead atoms. The number of nitrogens with one attached hydrogen (secondary N) is 2. The number of carbonyl (C=O) groups excluding carboxylic acids is 2. The first-order valence-corrected chi connectivity index (χ1v) is 8.76. The van der Waals surface area contributed by atoms with Crippen LogP contribution in [0.3, 0.4) is 0 Å². The van der Waals surface area contributed by atoms with Crippen LogP contribution in [0.2, 0.25) is 5.02 Å². The Labute approximate surface area is 162 Å². The van der Waals surface area contributed by atoms with Gasteiger partial charge in [0.2, 0.25) is 0 Å². The summed E-state index contributed by atoms with van der Waals surface area (Å²) < 4.78 is 0. The first-order chi connectivity index (χ1) is 13.0. The number of amides is 2. The highest BCUT2D eigenvalue weighted by molar-refractivity contribution is 6.34. The molecule has 0 aliphatic heterocycles. The first-order valence-electron chi connectivity index (χ1n) is 8.38. The van der Waals surface area contributed by atoms with Crippen molar-refractivity contribution >= 4 is 29.1 Å². The molecule has 0 unspecified atom stereocenters. The van der Waals surface area contributed by atoms with Gasteiger partial charge in [-0.1, -0.05) is 35.9 Å². The van der Waals surface area contributed by atoms with E-state index < -0.39 is 0 Å². The topological polar surface area (TPSA) is 71.1 Å². The molecule has 0 spiro atoms. The van der Waals surface area contributed by atoms with E-state index in [1.54, 1.807) is 54.9 Å². The molecule has 0 aliphatic carbocycles. The van der Waals surface area contributed by atoms with Crippen LogP contribution in [-0.2, 0) is 6.54 Å². The Morgan fingerprint density at radius 3 is 2.56 bits per heavy atom. The second-order valence-electron chi connectivity index (χ2n) is 6.03. The summed E-state index contributed by atoms with van der Waals surface area (Å²) in [5.41, 5.74) is 3.00.